The SMILES string of the molecule is CNc1nc(N)nc2c1ncn2[C@@H]1O[C@H](CO[PH](=O)N[C@H](C)C(=O)OC(C)C)C[C@@H]1Cl. The Labute approximate surface area is 185 Å². The zero-order valence-corrected chi connectivity index (χ0v) is 19.4. The first kappa shape index (κ1) is 23.7. The van der Waals surface area contributed by atoms with Gasteiger partial charge in [-0.25, -0.2) is 10.1 Å². The van der Waals surface area contributed by atoms with Crippen molar-refractivity contribution in [1.82, 2.24) is 24.6 Å². The molecule has 0 aliphatic carbocycles. The Morgan fingerprint density at radius 3 is 2.87 bits per heavy atom. The quantitative estimate of drug-likeness (QED) is 0.275. The summed E-state index contributed by atoms with van der Waals surface area (Å²) in [5.41, 5.74) is 6.82. The molecule has 1 aliphatic rings. The van der Waals surface area contributed by atoms with E-state index in [1.807, 2.05) is 0 Å². The fraction of sp³-hybridized carbons (Fsp3) is 0.647. The molecule has 1 unspecified atom stereocenters. The van der Waals surface area contributed by atoms with Crippen molar-refractivity contribution in [3.63, 3.8) is 0 Å². The fourth-order valence-corrected chi connectivity index (χ4v) is 4.40. The summed E-state index contributed by atoms with van der Waals surface area (Å²) in [6.45, 7) is 5.08. The molecular weight excluding hydrogens is 449 g/mol. The number of carbonyl (C=O) groups is 1. The highest BCUT2D eigenvalue weighted by molar-refractivity contribution is 7.36. The van der Waals surface area contributed by atoms with Gasteiger partial charge in [-0.2, -0.15) is 9.97 Å². The number of imidazole rings is 1. The molecule has 5 atom stereocenters. The Morgan fingerprint density at radius 1 is 1.45 bits per heavy atom. The van der Waals surface area contributed by atoms with Gasteiger partial charge in [-0.05, 0) is 27.2 Å². The van der Waals surface area contributed by atoms with Gasteiger partial charge in [0.05, 0.1) is 30.5 Å². The highest BCUT2D eigenvalue weighted by Gasteiger charge is 2.37. The summed E-state index contributed by atoms with van der Waals surface area (Å²) < 4.78 is 30.3. The summed E-state index contributed by atoms with van der Waals surface area (Å²) >= 11 is 6.50. The van der Waals surface area contributed by atoms with Crippen molar-refractivity contribution < 1.29 is 23.4 Å². The van der Waals surface area contributed by atoms with Crippen LogP contribution >= 0.6 is 19.8 Å². The van der Waals surface area contributed by atoms with Crippen LogP contribution in [0.15, 0.2) is 6.33 Å². The Kier molecular flexibility index (Phi) is 7.71. The molecule has 1 fully saturated rings. The summed E-state index contributed by atoms with van der Waals surface area (Å²) in [6, 6.07) is -0.754. The molecule has 172 valence electrons. The molecule has 4 N–H and O–H groups in total. The van der Waals surface area contributed by atoms with E-state index >= 15 is 0 Å². The lowest BCUT2D eigenvalue weighted by atomic mass is 10.2. The van der Waals surface area contributed by atoms with E-state index in [0.717, 1.165) is 0 Å². The van der Waals surface area contributed by atoms with Crippen LogP contribution in [-0.4, -0.2) is 62.8 Å². The van der Waals surface area contributed by atoms with Crippen LogP contribution in [0.5, 0.6) is 0 Å². The number of nitrogen functional groups attached to an aromatic ring is 1. The van der Waals surface area contributed by atoms with Gasteiger partial charge in [0.15, 0.2) is 23.2 Å². The Morgan fingerprint density at radius 2 is 2.19 bits per heavy atom. The van der Waals surface area contributed by atoms with Gasteiger partial charge in [0.2, 0.25) is 5.95 Å². The molecule has 31 heavy (non-hydrogen) atoms. The number of aromatic nitrogens is 4. The number of hydrogen-bond donors (Lipinski definition) is 3. The number of hydrogen-bond acceptors (Lipinski definition) is 10. The van der Waals surface area contributed by atoms with Gasteiger partial charge < -0.3 is 25.0 Å². The fourth-order valence-electron chi connectivity index (χ4n) is 3.13. The second kappa shape index (κ2) is 10.1. The van der Waals surface area contributed by atoms with E-state index in [2.05, 4.69) is 25.4 Å². The first-order valence-corrected chi connectivity index (χ1v) is 11.6. The van der Waals surface area contributed by atoms with Crippen molar-refractivity contribution in [2.45, 2.75) is 57.0 Å². The van der Waals surface area contributed by atoms with Gasteiger partial charge >= 0.3 is 5.97 Å². The molecule has 3 heterocycles. The molecule has 3 rings (SSSR count). The van der Waals surface area contributed by atoms with Crippen LogP contribution in [0.2, 0.25) is 0 Å². The average Bonchev–Trinajstić information content (AvgIpc) is 3.27. The molecule has 2 aromatic rings. The number of ether oxygens (including phenoxy) is 2. The van der Waals surface area contributed by atoms with E-state index in [-0.39, 0.29) is 18.7 Å². The van der Waals surface area contributed by atoms with Crippen LogP contribution < -0.4 is 16.1 Å². The van der Waals surface area contributed by atoms with Gasteiger partial charge in [0, 0.05) is 7.05 Å². The third kappa shape index (κ3) is 5.64. The van der Waals surface area contributed by atoms with Crippen LogP contribution in [0.4, 0.5) is 11.8 Å². The molecule has 1 aliphatic heterocycles. The number of carbonyl (C=O) groups excluding carboxylic acids is 1. The number of nitrogens with zero attached hydrogens (tertiary/aromatic N) is 4. The van der Waals surface area contributed by atoms with Crippen LogP contribution in [0.25, 0.3) is 11.2 Å². The summed E-state index contributed by atoms with van der Waals surface area (Å²) in [5.74, 6) is 0.0987. The van der Waals surface area contributed by atoms with Gasteiger partial charge in [-0.1, -0.05) is 0 Å². The number of anilines is 2. The summed E-state index contributed by atoms with van der Waals surface area (Å²) in [5, 5.41) is 5.15. The summed E-state index contributed by atoms with van der Waals surface area (Å²) in [6.07, 6.45) is 0.811. The lowest BCUT2D eigenvalue weighted by Gasteiger charge is -2.18. The van der Waals surface area contributed by atoms with Crippen molar-refractivity contribution in [3.8, 4) is 0 Å². The van der Waals surface area contributed by atoms with Crippen molar-refractivity contribution in [3.05, 3.63) is 6.33 Å². The molecular formula is C17H27ClN7O5P. The molecule has 0 radical (unpaired) electrons. The molecule has 0 aromatic carbocycles. The maximum absolute atomic E-state index is 12.2. The van der Waals surface area contributed by atoms with E-state index in [4.69, 9.17) is 31.3 Å². The second-order valence-electron chi connectivity index (χ2n) is 7.35. The first-order valence-electron chi connectivity index (χ1n) is 9.80. The van der Waals surface area contributed by atoms with Crippen LogP contribution in [-0.2, 0) is 23.4 Å². The monoisotopic (exact) mass is 475 g/mol. The predicted octanol–water partition coefficient (Wildman–Crippen LogP) is 1.68. The Bertz CT molecular complexity index is 958. The average molecular weight is 476 g/mol. The van der Waals surface area contributed by atoms with E-state index in [0.29, 0.717) is 23.4 Å². The van der Waals surface area contributed by atoms with Crippen LogP contribution in [0.1, 0.15) is 33.4 Å². The smallest absolute Gasteiger partial charge is 0.323 e. The molecule has 0 saturated carbocycles. The molecule has 0 amide bonds. The molecule has 2 aromatic heterocycles. The molecule has 12 nitrogen and oxygen atoms in total. The summed E-state index contributed by atoms with van der Waals surface area (Å²) in [7, 11) is -0.969. The molecule has 14 heteroatoms. The number of esters is 1. The summed E-state index contributed by atoms with van der Waals surface area (Å²) in [4.78, 5) is 24.5. The number of fused-ring (bicyclic) bond motifs is 1. The Balaban J connectivity index is 1.59. The first-order chi connectivity index (χ1) is 14.7. The topological polar surface area (TPSA) is 156 Å². The minimum absolute atomic E-state index is 0.0436. The second-order valence-corrected chi connectivity index (χ2v) is 9.07. The zero-order chi connectivity index (χ0) is 22.7. The number of nitrogens with one attached hydrogen (secondary N) is 2. The van der Waals surface area contributed by atoms with E-state index in [9.17, 15) is 9.36 Å². The molecule has 1 saturated heterocycles. The maximum atomic E-state index is 12.2. The largest absolute Gasteiger partial charge is 0.462 e. The molecule has 0 bridgehead atoms. The maximum Gasteiger partial charge on any atom is 0.323 e. The van der Waals surface area contributed by atoms with Crippen molar-refractivity contribution in [2.24, 2.45) is 0 Å². The van der Waals surface area contributed by atoms with Gasteiger partial charge in [0.1, 0.15) is 6.04 Å². The Hall–Kier alpha value is -1.98. The third-order valence-electron chi connectivity index (χ3n) is 4.52. The number of halogens is 1. The number of rotatable bonds is 9. The van der Waals surface area contributed by atoms with Crippen molar-refractivity contribution in [1.29, 1.82) is 0 Å². The van der Waals surface area contributed by atoms with Crippen molar-refractivity contribution >= 4 is 48.7 Å². The third-order valence-corrected chi connectivity index (χ3v) is 6.01. The number of nitrogens with two attached hydrogens (primary N) is 1. The minimum Gasteiger partial charge on any atom is -0.462 e. The van der Waals surface area contributed by atoms with Gasteiger partial charge in [-0.15, -0.1) is 11.6 Å². The minimum atomic E-state index is -2.68. The lowest BCUT2D eigenvalue weighted by molar-refractivity contribution is -0.149. The number of alkyl halides is 1. The van der Waals surface area contributed by atoms with Gasteiger partial charge in [-0.3, -0.25) is 13.9 Å². The normalized spacial score (nSPS) is 23.2. The zero-order valence-electron chi connectivity index (χ0n) is 17.7. The van der Waals surface area contributed by atoms with Gasteiger partial charge in [0.25, 0.3) is 8.18 Å². The van der Waals surface area contributed by atoms with Crippen molar-refractivity contribution in [2.75, 3.05) is 24.7 Å². The molecule has 0 spiro atoms. The van der Waals surface area contributed by atoms with E-state index in [1.165, 1.54) is 0 Å². The van der Waals surface area contributed by atoms with Crippen LogP contribution in [0, 0.1) is 0 Å². The lowest BCUT2D eigenvalue weighted by Crippen LogP contribution is -2.33. The van der Waals surface area contributed by atoms with Crippen LogP contribution in [0.3, 0.4) is 0 Å². The van der Waals surface area contributed by atoms with E-state index in [1.54, 1.807) is 38.7 Å². The highest BCUT2D eigenvalue weighted by Crippen LogP contribution is 2.36. The predicted molar refractivity (Wildman–Crippen MR) is 116 cm³/mol. The highest BCUT2D eigenvalue weighted by atomic mass is 35.5. The van der Waals surface area contributed by atoms with E-state index < -0.39 is 37.9 Å². The standard InChI is InChI=1S/C17H27ClN7O5P/c1-8(2)29-16(26)9(3)24-31(27)28-6-10-5-11(18)15(30-10)25-7-21-12-13(20-4)22-17(19)23-14(12)25/h7-11,15,31H,5-6H2,1-4H3,(H,24,27)(H3,19,20,22,23)/t9-,10+,11+,15-/m1/s1.